The van der Waals surface area contributed by atoms with Crippen LogP contribution in [0, 0.1) is 24.5 Å². The Hall–Kier alpha value is -4.59. The molecule has 228 valence electrons. The van der Waals surface area contributed by atoms with Crippen LogP contribution in [0.5, 0.6) is 0 Å². The first-order valence-electron chi connectivity index (χ1n) is 15.3. The molecule has 0 amide bonds. The monoisotopic (exact) mass is 595 g/mol. The lowest BCUT2D eigenvalue weighted by Gasteiger charge is -2.19. The van der Waals surface area contributed by atoms with Gasteiger partial charge in [0.15, 0.2) is 5.65 Å². The molecule has 5 aromatic rings. The minimum Gasteiger partial charge on any atom is -0.379 e. The first-order chi connectivity index (χ1) is 21.3. The summed E-state index contributed by atoms with van der Waals surface area (Å²) in [6, 6.07) is 22.7. The molecule has 6 nitrogen and oxygen atoms in total. The van der Waals surface area contributed by atoms with E-state index in [1.54, 1.807) is 6.07 Å². The van der Waals surface area contributed by atoms with Crippen molar-refractivity contribution in [2.24, 2.45) is 5.92 Å². The number of rotatable bonds is 12. The Morgan fingerprint density at radius 2 is 1.61 bits per heavy atom. The van der Waals surface area contributed by atoms with Gasteiger partial charge in [0, 0.05) is 35.3 Å². The van der Waals surface area contributed by atoms with Crippen LogP contribution < -0.4 is 16.2 Å². The SMILES string of the molecule is CCC(CC)CCCNc1nc(-c2cc(C(C)Nc3ccccc3)ccc2C)c2ccc(=O)n(-c3c(F)cccc3F)c2n1. The van der Waals surface area contributed by atoms with Crippen molar-refractivity contribution < 1.29 is 8.78 Å². The molecular weight excluding hydrogens is 556 g/mol. The van der Waals surface area contributed by atoms with Crippen LogP contribution in [0.15, 0.2) is 83.7 Å². The van der Waals surface area contributed by atoms with Crippen LogP contribution in [0.4, 0.5) is 20.4 Å². The highest BCUT2D eigenvalue weighted by Crippen LogP contribution is 2.33. The molecule has 0 saturated carbocycles. The fourth-order valence-corrected chi connectivity index (χ4v) is 5.64. The summed E-state index contributed by atoms with van der Waals surface area (Å²) in [4.78, 5) is 22.8. The number of para-hydroxylation sites is 2. The van der Waals surface area contributed by atoms with Gasteiger partial charge in [-0.05, 0) is 80.1 Å². The Labute approximate surface area is 257 Å². The average molecular weight is 596 g/mol. The molecule has 0 aliphatic rings. The molecule has 2 heterocycles. The van der Waals surface area contributed by atoms with E-state index in [1.807, 2.05) is 43.3 Å². The first-order valence-corrected chi connectivity index (χ1v) is 15.3. The largest absolute Gasteiger partial charge is 0.379 e. The van der Waals surface area contributed by atoms with E-state index in [4.69, 9.17) is 4.98 Å². The number of fused-ring (bicyclic) bond motifs is 1. The summed E-state index contributed by atoms with van der Waals surface area (Å²) in [5.74, 6) is -0.749. The summed E-state index contributed by atoms with van der Waals surface area (Å²) < 4.78 is 31.2. The summed E-state index contributed by atoms with van der Waals surface area (Å²) in [5.41, 5.74) is 3.52. The smallest absolute Gasteiger partial charge is 0.256 e. The predicted octanol–water partition coefficient (Wildman–Crippen LogP) is 8.84. The fourth-order valence-electron chi connectivity index (χ4n) is 5.64. The summed E-state index contributed by atoms with van der Waals surface area (Å²) >= 11 is 0. The van der Waals surface area contributed by atoms with Crippen molar-refractivity contribution in [1.29, 1.82) is 0 Å². The molecule has 0 saturated heterocycles. The van der Waals surface area contributed by atoms with Gasteiger partial charge in [-0.1, -0.05) is 63.1 Å². The number of aromatic nitrogens is 3. The Balaban J connectivity index is 1.64. The second-order valence-electron chi connectivity index (χ2n) is 11.3. The highest BCUT2D eigenvalue weighted by molar-refractivity contribution is 5.93. The van der Waals surface area contributed by atoms with Gasteiger partial charge in [0.25, 0.3) is 5.56 Å². The summed E-state index contributed by atoms with van der Waals surface area (Å²) in [6.45, 7) is 9.12. The van der Waals surface area contributed by atoms with Gasteiger partial charge < -0.3 is 10.6 Å². The van der Waals surface area contributed by atoms with Gasteiger partial charge in [-0.3, -0.25) is 9.36 Å². The third-order valence-electron chi connectivity index (χ3n) is 8.31. The Kier molecular flexibility index (Phi) is 9.68. The number of nitrogens with one attached hydrogen (secondary N) is 2. The molecule has 0 aliphatic heterocycles. The van der Waals surface area contributed by atoms with Crippen LogP contribution in [-0.4, -0.2) is 21.1 Å². The molecule has 2 N–H and O–H groups in total. The van der Waals surface area contributed by atoms with Crippen molar-refractivity contribution >= 4 is 22.7 Å². The molecule has 5 rings (SSSR count). The summed E-state index contributed by atoms with van der Waals surface area (Å²) in [7, 11) is 0. The molecule has 0 bridgehead atoms. The van der Waals surface area contributed by atoms with Gasteiger partial charge in [-0.15, -0.1) is 0 Å². The van der Waals surface area contributed by atoms with Gasteiger partial charge in [0.1, 0.15) is 17.3 Å². The Morgan fingerprint density at radius 3 is 2.32 bits per heavy atom. The van der Waals surface area contributed by atoms with Crippen molar-refractivity contribution in [2.75, 3.05) is 17.2 Å². The minimum absolute atomic E-state index is 0.0155. The second-order valence-corrected chi connectivity index (χ2v) is 11.3. The fraction of sp³-hybridized carbons (Fsp3) is 0.306. The zero-order chi connectivity index (χ0) is 31.2. The third kappa shape index (κ3) is 6.64. The molecule has 1 unspecified atom stereocenters. The van der Waals surface area contributed by atoms with Crippen molar-refractivity contribution in [2.45, 2.75) is 59.4 Å². The molecule has 8 heteroatoms. The van der Waals surface area contributed by atoms with E-state index in [1.165, 1.54) is 12.1 Å². The quantitative estimate of drug-likeness (QED) is 0.141. The standard InChI is InChI=1S/C36H39F2N5O/c1-5-25(6-2)12-11-21-39-36-41-33(29-22-26(18-17-23(29)3)24(4)40-27-13-8-7-9-14-27)28-19-20-32(44)43(35(28)42-36)34-30(37)15-10-16-31(34)38/h7-10,13-20,22,24-25,40H,5-6,11-12,21H2,1-4H3,(H,39,41,42). The van der Waals surface area contributed by atoms with Crippen LogP contribution in [-0.2, 0) is 0 Å². The van der Waals surface area contributed by atoms with Crippen molar-refractivity contribution in [3.63, 3.8) is 0 Å². The topological polar surface area (TPSA) is 71.8 Å². The maximum Gasteiger partial charge on any atom is 0.256 e. The number of hydrogen-bond donors (Lipinski definition) is 2. The van der Waals surface area contributed by atoms with Gasteiger partial charge in [-0.2, -0.15) is 4.98 Å². The number of hydrogen-bond acceptors (Lipinski definition) is 5. The summed E-state index contributed by atoms with van der Waals surface area (Å²) in [5, 5.41) is 7.38. The van der Waals surface area contributed by atoms with Crippen molar-refractivity contribution in [3.8, 4) is 16.9 Å². The number of pyridine rings is 1. The number of benzene rings is 3. The van der Waals surface area contributed by atoms with Gasteiger partial charge in [0.2, 0.25) is 5.95 Å². The minimum atomic E-state index is -0.849. The highest BCUT2D eigenvalue weighted by atomic mass is 19.1. The van der Waals surface area contributed by atoms with Gasteiger partial charge in [-0.25, -0.2) is 13.8 Å². The van der Waals surface area contributed by atoms with Crippen molar-refractivity contribution in [1.82, 2.24) is 14.5 Å². The Bertz CT molecular complexity index is 1780. The van der Waals surface area contributed by atoms with Gasteiger partial charge in [0.05, 0.1) is 5.69 Å². The van der Waals surface area contributed by atoms with Crippen LogP contribution in [0.3, 0.4) is 0 Å². The molecular formula is C36H39F2N5O. The normalized spacial score (nSPS) is 12.1. The predicted molar refractivity (Wildman–Crippen MR) is 175 cm³/mol. The van der Waals surface area contributed by atoms with E-state index < -0.39 is 22.9 Å². The average Bonchev–Trinajstić information content (AvgIpc) is 3.02. The summed E-state index contributed by atoms with van der Waals surface area (Å²) in [6.07, 6.45) is 4.24. The first kappa shape index (κ1) is 30.9. The molecule has 0 fully saturated rings. The number of halogens is 2. The zero-order valence-electron chi connectivity index (χ0n) is 25.7. The number of nitrogens with zero attached hydrogens (tertiary/aromatic N) is 3. The van der Waals surface area contributed by atoms with Gasteiger partial charge >= 0.3 is 0 Å². The maximum absolute atomic E-state index is 15.1. The zero-order valence-corrected chi connectivity index (χ0v) is 25.7. The van der Waals surface area contributed by atoms with Crippen molar-refractivity contribution in [3.05, 3.63) is 112 Å². The van der Waals surface area contributed by atoms with Crippen LogP contribution in [0.2, 0.25) is 0 Å². The second kappa shape index (κ2) is 13.8. The van der Waals surface area contributed by atoms with Crippen LogP contribution >= 0.6 is 0 Å². The highest BCUT2D eigenvalue weighted by Gasteiger charge is 2.21. The molecule has 0 aliphatic carbocycles. The van der Waals surface area contributed by atoms with E-state index in [-0.39, 0.29) is 11.7 Å². The van der Waals surface area contributed by atoms with Crippen LogP contribution in [0.1, 0.15) is 63.6 Å². The third-order valence-corrected chi connectivity index (χ3v) is 8.31. The maximum atomic E-state index is 15.1. The lowest BCUT2D eigenvalue weighted by Crippen LogP contribution is -2.21. The molecule has 44 heavy (non-hydrogen) atoms. The van der Waals surface area contributed by atoms with Crippen LogP contribution in [0.25, 0.3) is 28.0 Å². The van der Waals surface area contributed by atoms with E-state index >= 15 is 8.78 Å². The van der Waals surface area contributed by atoms with E-state index in [0.717, 1.165) is 64.8 Å². The lowest BCUT2D eigenvalue weighted by atomic mass is 9.97. The molecule has 3 aromatic carbocycles. The lowest BCUT2D eigenvalue weighted by molar-refractivity contribution is 0.446. The number of anilines is 2. The van der Waals surface area contributed by atoms with E-state index in [9.17, 15) is 4.79 Å². The van der Waals surface area contributed by atoms with E-state index in [0.29, 0.717) is 29.5 Å². The molecule has 0 radical (unpaired) electrons. The molecule has 2 aromatic heterocycles. The van der Waals surface area contributed by atoms with E-state index in [2.05, 4.69) is 48.5 Å². The molecule has 0 spiro atoms. The molecule has 1 atom stereocenters. The number of aryl methyl sites for hydroxylation is 1. The Morgan fingerprint density at radius 1 is 0.886 bits per heavy atom.